The van der Waals surface area contributed by atoms with Crippen molar-refractivity contribution in [1.82, 2.24) is 5.32 Å². The summed E-state index contributed by atoms with van der Waals surface area (Å²) in [6.45, 7) is -0.358. The summed E-state index contributed by atoms with van der Waals surface area (Å²) in [4.78, 5) is 37.1. The number of thioether (sulfide) groups is 1. The van der Waals surface area contributed by atoms with E-state index in [2.05, 4.69) is 10.6 Å². The van der Waals surface area contributed by atoms with Crippen LogP contribution in [0.1, 0.15) is 16.8 Å². The van der Waals surface area contributed by atoms with Crippen LogP contribution in [0.5, 0.6) is 11.5 Å². The molecule has 0 saturated heterocycles. The van der Waals surface area contributed by atoms with Crippen LogP contribution in [-0.2, 0) is 14.3 Å². The highest BCUT2D eigenvalue weighted by molar-refractivity contribution is 7.98. The largest absolute Gasteiger partial charge is 0.454 e. The second-order valence-electron chi connectivity index (χ2n) is 6.54. The first-order chi connectivity index (χ1) is 15.0. The second kappa shape index (κ2) is 10.9. The van der Waals surface area contributed by atoms with Crippen LogP contribution >= 0.6 is 23.4 Å². The maximum absolute atomic E-state index is 12.5. The molecule has 1 atom stereocenters. The van der Waals surface area contributed by atoms with Crippen molar-refractivity contribution in [2.75, 3.05) is 30.7 Å². The van der Waals surface area contributed by atoms with Gasteiger partial charge in [-0.2, -0.15) is 11.8 Å². The van der Waals surface area contributed by atoms with E-state index in [1.54, 1.807) is 42.5 Å². The lowest BCUT2D eigenvalue weighted by Crippen LogP contribution is -2.43. The van der Waals surface area contributed by atoms with Crippen molar-refractivity contribution < 1.29 is 28.6 Å². The van der Waals surface area contributed by atoms with Crippen molar-refractivity contribution >= 4 is 46.8 Å². The van der Waals surface area contributed by atoms with Crippen molar-refractivity contribution in [2.24, 2.45) is 0 Å². The average Bonchev–Trinajstić information content (AvgIpc) is 3.23. The molecular formula is C21H21ClN2O6S. The molecule has 2 N–H and O–H groups in total. The fourth-order valence-electron chi connectivity index (χ4n) is 2.74. The van der Waals surface area contributed by atoms with Gasteiger partial charge in [0.2, 0.25) is 6.79 Å². The van der Waals surface area contributed by atoms with Gasteiger partial charge < -0.3 is 24.8 Å². The number of amides is 2. The zero-order chi connectivity index (χ0) is 22.2. The third-order valence-corrected chi connectivity index (χ3v) is 5.20. The average molecular weight is 465 g/mol. The van der Waals surface area contributed by atoms with E-state index in [0.717, 1.165) is 0 Å². The first kappa shape index (κ1) is 22.8. The highest BCUT2D eigenvalue weighted by Crippen LogP contribution is 2.34. The fourth-order valence-corrected chi connectivity index (χ4v) is 3.33. The Morgan fingerprint density at radius 1 is 1.13 bits per heavy atom. The monoisotopic (exact) mass is 464 g/mol. The SMILES string of the molecule is CSCC[C@@H](NC(=O)c1ccc(Cl)cc1)C(=O)OCC(=O)Nc1ccc2c(c1)OCO2. The Kier molecular flexibility index (Phi) is 8.02. The van der Waals surface area contributed by atoms with Gasteiger partial charge >= 0.3 is 5.97 Å². The number of nitrogens with one attached hydrogen (secondary N) is 2. The molecule has 2 amide bonds. The molecule has 0 aromatic heterocycles. The highest BCUT2D eigenvalue weighted by Gasteiger charge is 2.23. The number of halogens is 1. The quantitative estimate of drug-likeness (QED) is 0.549. The molecule has 0 saturated carbocycles. The highest BCUT2D eigenvalue weighted by atomic mass is 35.5. The molecular weight excluding hydrogens is 444 g/mol. The summed E-state index contributed by atoms with van der Waals surface area (Å²) >= 11 is 7.37. The molecule has 8 nitrogen and oxygen atoms in total. The molecule has 31 heavy (non-hydrogen) atoms. The number of hydrogen-bond donors (Lipinski definition) is 2. The zero-order valence-electron chi connectivity index (χ0n) is 16.7. The molecule has 10 heteroatoms. The van der Waals surface area contributed by atoms with E-state index in [1.165, 1.54) is 11.8 Å². The normalized spacial score (nSPS) is 12.7. The van der Waals surface area contributed by atoms with Crippen LogP contribution in [0.25, 0.3) is 0 Å². The number of rotatable bonds is 9. The number of hydrogen-bond acceptors (Lipinski definition) is 7. The van der Waals surface area contributed by atoms with Crippen LogP contribution in [0.15, 0.2) is 42.5 Å². The van der Waals surface area contributed by atoms with Crippen molar-refractivity contribution in [3.63, 3.8) is 0 Å². The van der Waals surface area contributed by atoms with Gasteiger partial charge in [-0.1, -0.05) is 11.6 Å². The van der Waals surface area contributed by atoms with Gasteiger partial charge in [-0.15, -0.1) is 0 Å². The van der Waals surface area contributed by atoms with Gasteiger partial charge in [0.05, 0.1) is 0 Å². The molecule has 1 heterocycles. The van der Waals surface area contributed by atoms with E-state index >= 15 is 0 Å². The van der Waals surface area contributed by atoms with Crippen LogP contribution in [-0.4, -0.2) is 49.2 Å². The predicted molar refractivity (Wildman–Crippen MR) is 118 cm³/mol. The van der Waals surface area contributed by atoms with Gasteiger partial charge in [0.15, 0.2) is 18.1 Å². The number of esters is 1. The Balaban J connectivity index is 1.53. The Morgan fingerprint density at radius 2 is 1.87 bits per heavy atom. The van der Waals surface area contributed by atoms with Gasteiger partial charge in [-0.3, -0.25) is 9.59 Å². The van der Waals surface area contributed by atoms with Crippen LogP contribution < -0.4 is 20.1 Å². The standard InChI is InChI=1S/C21H21ClN2O6S/c1-31-9-8-16(24-20(26)13-2-4-14(22)5-3-13)21(27)28-11-19(25)23-15-6-7-17-18(10-15)30-12-29-17/h2-7,10,16H,8-9,11-12H2,1H3,(H,23,25)(H,24,26)/t16-/m1/s1. The summed E-state index contributed by atoms with van der Waals surface area (Å²) in [7, 11) is 0. The van der Waals surface area contributed by atoms with E-state index in [4.69, 9.17) is 25.8 Å². The van der Waals surface area contributed by atoms with Gasteiger partial charge in [0, 0.05) is 22.3 Å². The van der Waals surface area contributed by atoms with Crippen LogP contribution in [0.4, 0.5) is 5.69 Å². The summed E-state index contributed by atoms with van der Waals surface area (Å²) in [5.41, 5.74) is 0.854. The summed E-state index contributed by atoms with van der Waals surface area (Å²) in [6.07, 6.45) is 2.26. The smallest absolute Gasteiger partial charge is 0.329 e. The summed E-state index contributed by atoms with van der Waals surface area (Å²) in [5, 5.41) is 5.79. The fraction of sp³-hybridized carbons (Fsp3) is 0.286. The molecule has 164 valence electrons. The maximum Gasteiger partial charge on any atom is 0.329 e. The van der Waals surface area contributed by atoms with Crippen LogP contribution in [0.2, 0.25) is 5.02 Å². The van der Waals surface area contributed by atoms with Crippen LogP contribution in [0, 0.1) is 0 Å². The predicted octanol–water partition coefficient (Wildman–Crippen LogP) is 3.10. The Hall–Kier alpha value is -2.91. The third-order valence-electron chi connectivity index (χ3n) is 4.31. The molecule has 2 aromatic carbocycles. The van der Waals surface area contributed by atoms with Gasteiger partial charge in [-0.25, -0.2) is 4.79 Å². The Bertz CT molecular complexity index is 953. The summed E-state index contributed by atoms with van der Waals surface area (Å²) in [5.74, 6) is 0.125. The van der Waals surface area contributed by atoms with Crippen molar-refractivity contribution in [1.29, 1.82) is 0 Å². The molecule has 0 aliphatic carbocycles. The lowest BCUT2D eigenvalue weighted by Gasteiger charge is -2.17. The van der Waals surface area contributed by atoms with E-state index in [1.807, 2.05) is 6.26 Å². The topological polar surface area (TPSA) is 103 Å². The van der Waals surface area contributed by atoms with Crippen molar-refractivity contribution in [2.45, 2.75) is 12.5 Å². The number of carbonyl (C=O) groups excluding carboxylic acids is 3. The molecule has 0 bridgehead atoms. The molecule has 0 spiro atoms. The van der Waals surface area contributed by atoms with Gasteiger partial charge in [0.25, 0.3) is 11.8 Å². The van der Waals surface area contributed by atoms with Gasteiger partial charge in [0.1, 0.15) is 6.04 Å². The van der Waals surface area contributed by atoms with E-state index in [-0.39, 0.29) is 6.79 Å². The number of benzene rings is 2. The van der Waals surface area contributed by atoms with E-state index < -0.39 is 30.4 Å². The number of fused-ring (bicyclic) bond motifs is 1. The molecule has 0 fully saturated rings. The Labute approximate surface area is 188 Å². The Morgan fingerprint density at radius 3 is 2.61 bits per heavy atom. The maximum atomic E-state index is 12.5. The molecule has 3 rings (SSSR count). The molecule has 2 aromatic rings. The first-order valence-corrected chi connectivity index (χ1v) is 11.1. The lowest BCUT2D eigenvalue weighted by atomic mass is 10.1. The molecule has 1 aliphatic rings. The summed E-state index contributed by atoms with van der Waals surface area (Å²) < 4.78 is 15.6. The van der Waals surface area contributed by atoms with E-state index in [0.29, 0.717) is 39.9 Å². The van der Waals surface area contributed by atoms with Crippen LogP contribution in [0.3, 0.4) is 0 Å². The molecule has 0 unspecified atom stereocenters. The third kappa shape index (κ3) is 6.53. The number of anilines is 1. The van der Waals surface area contributed by atoms with Crippen molar-refractivity contribution in [3.8, 4) is 11.5 Å². The number of carbonyl (C=O) groups is 3. The van der Waals surface area contributed by atoms with Crippen molar-refractivity contribution in [3.05, 3.63) is 53.1 Å². The molecule has 0 radical (unpaired) electrons. The summed E-state index contributed by atoms with van der Waals surface area (Å²) in [6, 6.07) is 10.4. The zero-order valence-corrected chi connectivity index (χ0v) is 18.3. The van der Waals surface area contributed by atoms with E-state index in [9.17, 15) is 14.4 Å². The lowest BCUT2D eigenvalue weighted by molar-refractivity contribution is -0.149. The minimum atomic E-state index is -0.881. The minimum Gasteiger partial charge on any atom is -0.454 e. The van der Waals surface area contributed by atoms with Gasteiger partial charge in [-0.05, 0) is 54.8 Å². The molecule has 1 aliphatic heterocycles. The first-order valence-electron chi connectivity index (χ1n) is 9.38. The minimum absolute atomic E-state index is 0.128. The number of ether oxygens (including phenoxy) is 3. The second-order valence-corrected chi connectivity index (χ2v) is 7.96.